The van der Waals surface area contributed by atoms with Gasteiger partial charge in [-0.15, -0.1) is 12.8 Å². The maximum atomic E-state index is 11.5. The van der Waals surface area contributed by atoms with Gasteiger partial charge in [-0.05, 0) is 23.0 Å². The number of rotatable bonds is 8. The largest absolute Gasteiger partial charge is 0.477 e. The summed E-state index contributed by atoms with van der Waals surface area (Å²) >= 11 is 0. The molecule has 5 nitrogen and oxygen atoms in total. The van der Waals surface area contributed by atoms with Gasteiger partial charge in [0, 0.05) is 6.07 Å². The number of nitro benzene ring substituents is 1. The number of benzene rings is 1. The number of nitrogens with zero attached hydrogens (tertiary/aromatic N) is 1. The summed E-state index contributed by atoms with van der Waals surface area (Å²) in [5.41, 5.74) is 0.598. The summed E-state index contributed by atoms with van der Waals surface area (Å²) < 4.78 is 10.8. The third-order valence-corrected chi connectivity index (χ3v) is 4.45. The Balaban J connectivity index is 3.49. The molecule has 0 spiro atoms. The average Bonchev–Trinajstić information content (AvgIpc) is 2.56. The van der Waals surface area contributed by atoms with Crippen molar-refractivity contribution in [2.45, 2.75) is 40.0 Å². The standard InChI is InChI=1S/C19H23NO4/c1-7-10-23-17-13-15(14(4)19(5,6)9-3)12-16(20(21)22)18(17)24-11-8-2/h1-2,12-14H,9-11H2,3-6H3. The number of hydrogen-bond donors (Lipinski definition) is 0. The van der Waals surface area contributed by atoms with Crippen LogP contribution in [0.15, 0.2) is 12.1 Å². The van der Waals surface area contributed by atoms with Crippen molar-refractivity contribution in [1.29, 1.82) is 0 Å². The molecule has 5 heteroatoms. The molecule has 0 heterocycles. The molecule has 0 aliphatic carbocycles. The monoisotopic (exact) mass is 329 g/mol. The Hall–Kier alpha value is -2.66. The Kier molecular flexibility index (Phi) is 6.68. The van der Waals surface area contributed by atoms with E-state index >= 15 is 0 Å². The number of terminal acetylenes is 2. The van der Waals surface area contributed by atoms with Crippen LogP contribution in [0.2, 0.25) is 0 Å². The van der Waals surface area contributed by atoms with Crippen molar-refractivity contribution in [3.05, 3.63) is 27.8 Å². The molecule has 0 aromatic heterocycles. The van der Waals surface area contributed by atoms with E-state index in [4.69, 9.17) is 22.3 Å². The normalized spacial score (nSPS) is 11.9. The van der Waals surface area contributed by atoms with Crippen molar-refractivity contribution in [3.63, 3.8) is 0 Å². The van der Waals surface area contributed by atoms with Gasteiger partial charge in [0.15, 0.2) is 5.75 Å². The third-order valence-electron chi connectivity index (χ3n) is 4.45. The van der Waals surface area contributed by atoms with Crippen LogP contribution in [0.3, 0.4) is 0 Å². The minimum Gasteiger partial charge on any atom is -0.477 e. The molecule has 0 aliphatic rings. The van der Waals surface area contributed by atoms with Crippen LogP contribution < -0.4 is 9.47 Å². The molecule has 0 fully saturated rings. The van der Waals surface area contributed by atoms with E-state index in [0.717, 1.165) is 12.0 Å². The Morgan fingerprint density at radius 2 is 1.83 bits per heavy atom. The fraction of sp³-hybridized carbons (Fsp3) is 0.474. The zero-order valence-electron chi connectivity index (χ0n) is 14.6. The lowest BCUT2D eigenvalue weighted by Gasteiger charge is -2.31. The van der Waals surface area contributed by atoms with E-state index < -0.39 is 4.92 Å². The first-order chi connectivity index (χ1) is 11.3. The fourth-order valence-electron chi connectivity index (χ4n) is 2.24. The molecule has 0 aliphatic heterocycles. The first kappa shape index (κ1) is 19.4. The van der Waals surface area contributed by atoms with Gasteiger partial charge in [-0.3, -0.25) is 10.1 Å². The zero-order chi connectivity index (χ0) is 18.3. The molecule has 0 saturated carbocycles. The van der Waals surface area contributed by atoms with E-state index in [1.807, 2.05) is 6.92 Å². The minimum atomic E-state index is -0.496. The number of hydrogen-bond acceptors (Lipinski definition) is 4. The minimum absolute atomic E-state index is 0.0125. The third kappa shape index (κ3) is 4.43. The molecule has 0 bridgehead atoms. The van der Waals surface area contributed by atoms with Gasteiger partial charge in [0.2, 0.25) is 5.75 Å². The summed E-state index contributed by atoms with van der Waals surface area (Å²) in [6, 6.07) is 3.27. The van der Waals surface area contributed by atoms with Crippen LogP contribution in [0, 0.1) is 40.2 Å². The molecule has 0 saturated heterocycles. The molecule has 1 unspecified atom stereocenters. The second-order valence-electron chi connectivity index (χ2n) is 6.17. The van der Waals surface area contributed by atoms with Gasteiger partial charge in [-0.2, -0.15) is 0 Å². The summed E-state index contributed by atoms with van der Waals surface area (Å²) in [4.78, 5) is 11.0. The average molecular weight is 329 g/mol. The van der Waals surface area contributed by atoms with E-state index in [1.54, 1.807) is 6.07 Å². The summed E-state index contributed by atoms with van der Waals surface area (Å²) in [5, 5.41) is 11.5. The second-order valence-corrected chi connectivity index (χ2v) is 6.17. The topological polar surface area (TPSA) is 61.6 Å². The van der Waals surface area contributed by atoms with Crippen molar-refractivity contribution in [1.82, 2.24) is 0 Å². The maximum absolute atomic E-state index is 11.5. The Labute approximate surface area is 143 Å². The van der Waals surface area contributed by atoms with E-state index in [2.05, 4.69) is 32.6 Å². The lowest BCUT2D eigenvalue weighted by molar-refractivity contribution is -0.386. The molecule has 128 valence electrons. The Bertz CT molecular complexity index is 680. The van der Waals surface area contributed by atoms with Gasteiger partial charge in [-0.25, -0.2) is 0 Å². The van der Waals surface area contributed by atoms with Crippen molar-refractivity contribution in [2.75, 3.05) is 13.2 Å². The van der Waals surface area contributed by atoms with Crippen molar-refractivity contribution in [2.24, 2.45) is 5.41 Å². The molecule has 1 aromatic carbocycles. The van der Waals surface area contributed by atoms with Crippen molar-refractivity contribution in [3.8, 4) is 36.2 Å². The van der Waals surface area contributed by atoms with Crippen molar-refractivity contribution >= 4 is 5.69 Å². The number of nitro groups is 1. The molecular formula is C19H23NO4. The van der Waals surface area contributed by atoms with Crippen LogP contribution in [0.25, 0.3) is 0 Å². The predicted molar refractivity (Wildman–Crippen MR) is 94.2 cm³/mol. The molecular weight excluding hydrogens is 306 g/mol. The highest BCUT2D eigenvalue weighted by molar-refractivity contribution is 5.59. The molecule has 0 N–H and O–H groups in total. The van der Waals surface area contributed by atoms with Crippen LogP contribution in [0.5, 0.6) is 11.5 Å². The summed E-state index contributed by atoms with van der Waals surface area (Å²) in [5.74, 6) is 4.98. The van der Waals surface area contributed by atoms with E-state index in [9.17, 15) is 10.1 Å². The second kappa shape index (κ2) is 8.26. The van der Waals surface area contributed by atoms with Crippen LogP contribution in [-0.4, -0.2) is 18.1 Å². The Morgan fingerprint density at radius 1 is 1.25 bits per heavy atom. The van der Waals surface area contributed by atoms with Gasteiger partial charge in [0.05, 0.1) is 4.92 Å². The zero-order valence-corrected chi connectivity index (χ0v) is 14.6. The molecule has 1 rings (SSSR count). The van der Waals surface area contributed by atoms with Crippen LogP contribution in [-0.2, 0) is 0 Å². The first-order valence-corrected chi connectivity index (χ1v) is 7.73. The van der Waals surface area contributed by atoms with Gasteiger partial charge in [0.25, 0.3) is 0 Å². The summed E-state index contributed by atoms with van der Waals surface area (Å²) in [6.07, 6.45) is 11.3. The van der Waals surface area contributed by atoms with Crippen molar-refractivity contribution < 1.29 is 14.4 Å². The predicted octanol–water partition coefficient (Wildman–Crippen LogP) is 4.16. The maximum Gasteiger partial charge on any atom is 0.315 e. The smallest absolute Gasteiger partial charge is 0.315 e. The molecule has 0 amide bonds. The van der Waals surface area contributed by atoms with Crippen LogP contribution in [0.4, 0.5) is 5.69 Å². The van der Waals surface area contributed by atoms with Gasteiger partial charge < -0.3 is 9.47 Å². The van der Waals surface area contributed by atoms with E-state index in [-0.39, 0.29) is 41.7 Å². The lowest BCUT2D eigenvalue weighted by Crippen LogP contribution is -2.19. The highest BCUT2D eigenvalue weighted by Gasteiger charge is 2.30. The van der Waals surface area contributed by atoms with E-state index in [1.165, 1.54) is 6.07 Å². The summed E-state index contributed by atoms with van der Waals surface area (Å²) in [6.45, 7) is 8.25. The molecule has 1 aromatic rings. The van der Waals surface area contributed by atoms with E-state index in [0.29, 0.717) is 0 Å². The van der Waals surface area contributed by atoms with Crippen LogP contribution >= 0.6 is 0 Å². The Morgan fingerprint density at radius 3 is 2.33 bits per heavy atom. The highest BCUT2D eigenvalue weighted by Crippen LogP contribution is 2.45. The molecule has 24 heavy (non-hydrogen) atoms. The highest BCUT2D eigenvalue weighted by atomic mass is 16.6. The molecule has 1 atom stereocenters. The quantitative estimate of drug-likeness (QED) is 0.408. The first-order valence-electron chi connectivity index (χ1n) is 7.73. The number of ether oxygens (including phenoxy) is 2. The lowest BCUT2D eigenvalue weighted by atomic mass is 9.74. The van der Waals surface area contributed by atoms with Gasteiger partial charge in [0.1, 0.15) is 13.2 Å². The fourth-order valence-corrected chi connectivity index (χ4v) is 2.24. The summed E-state index contributed by atoms with van der Waals surface area (Å²) in [7, 11) is 0. The SMILES string of the molecule is C#CCOc1cc(C(C)C(C)(C)CC)cc([N+](=O)[O-])c1OCC#C. The van der Waals surface area contributed by atoms with Gasteiger partial charge >= 0.3 is 5.69 Å². The van der Waals surface area contributed by atoms with Gasteiger partial charge in [-0.1, -0.05) is 46.0 Å². The molecule has 0 radical (unpaired) electrons. The van der Waals surface area contributed by atoms with Crippen LogP contribution in [0.1, 0.15) is 45.6 Å².